The Morgan fingerprint density at radius 1 is 1.11 bits per heavy atom. The van der Waals surface area contributed by atoms with Crippen molar-refractivity contribution in [3.05, 3.63) is 61.2 Å². The molecule has 198 valence electrons. The molecule has 3 N–H and O–H groups in total. The van der Waals surface area contributed by atoms with Gasteiger partial charge in [0.15, 0.2) is 0 Å². The van der Waals surface area contributed by atoms with Crippen LogP contribution in [0.25, 0.3) is 0 Å². The monoisotopic (exact) mass is 498 g/mol. The Morgan fingerprint density at radius 2 is 1.81 bits per heavy atom. The largest absolute Gasteiger partial charge is 0.463 e. The SMILES string of the molecule is C=CCCC(Cc1ccccc1)C(=O)OCC(C)NC(=O)C(CC=C)CC(=O)NC1(CO)CCCC1. The number of ether oxygens (including phenoxy) is 1. The zero-order valence-electron chi connectivity index (χ0n) is 21.5. The summed E-state index contributed by atoms with van der Waals surface area (Å²) in [6.07, 6.45) is 9.12. The Morgan fingerprint density at radius 3 is 2.42 bits per heavy atom. The summed E-state index contributed by atoms with van der Waals surface area (Å²) in [5.74, 6) is -1.71. The number of rotatable bonds is 16. The lowest BCUT2D eigenvalue weighted by atomic mass is 9.95. The van der Waals surface area contributed by atoms with E-state index in [0.29, 0.717) is 25.7 Å². The number of esters is 1. The first-order valence-corrected chi connectivity index (χ1v) is 13.0. The average molecular weight is 499 g/mol. The van der Waals surface area contributed by atoms with E-state index in [1.54, 1.807) is 19.1 Å². The van der Waals surface area contributed by atoms with E-state index in [4.69, 9.17) is 4.74 Å². The molecule has 1 aliphatic carbocycles. The van der Waals surface area contributed by atoms with Crippen LogP contribution >= 0.6 is 0 Å². The summed E-state index contributed by atoms with van der Waals surface area (Å²) in [5, 5.41) is 15.6. The molecule has 0 saturated heterocycles. The van der Waals surface area contributed by atoms with Gasteiger partial charge in [-0.15, -0.1) is 13.2 Å². The molecule has 0 bridgehead atoms. The van der Waals surface area contributed by atoms with Crippen LogP contribution in [0.4, 0.5) is 0 Å². The number of allylic oxidation sites excluding steroid dienone is 2. The third-order valence-electron chi connectivity index (χ3n) is 6.76. The fourth-order valence-electron chi connectivity index (χ4n) is 4.68. The zero-order valence-corrected chi connectivity index (χ0v) is 21.5. The third-order valence-corrected chi connectivity index (χ3v) is 6.76. The number of aliphatic hydroxyl groups excluding tert-OH is 1. The van der Waals surface area contributed by atoms with E-state index in [1.807, 2.05) is 30.3 Å². The number of benzene rings is 1. The Kier molecular flexibility index (Phi) is 12.4. The molecule has 1 aromatic carbocycles. The van der Waals surface area contributed by atoms with Crippen LogP contribution in [0.3, 0.4) is 0 Å². The molecule has 1 fully saturated rings. The predicted octanol–water partition coefficient (Wildman–Crippen LogP) is 3.86. The fraction of sp³-hybridized carbons (Fsp3) is 0.552. The minimum Gasteiger partial charge on any atom is -0.463 e. The minimum absolute atomic E-state index is 0.00676. The first-order chi connectivity index (χ1) is 17.3. The summed E-state index contributed by atoms with van der Waals surface area (Å²) in [4.78, 5) is 38.3. The van der Waals surface area contributed by atoms with E-state index in [-0.39, 0.29) is 43.3 Å². The van der Waals surface area contributed by atoms with Crippen molar-refractivity contribution < 1.29 is 24.2 Å². The van der Waals surface area contributed by atoms with Crippen LogP contribution in [0, 0.1) is 11.8 Å². The van der Waals surface area contributed by atoms with Gasteiger partial charge in [0.25, 0.3) is 0 Å². The van der Waals surface area contributed by atoms with E-state index >= 15 is 0 Å². The number of aliphatic hydroxyl groups is 1. The summed E-state index contributed by atoms with van der Waals surface area (Å²) in [7, 11) is 0. The quantitative estimate of drug-likeness (QED) is 0.237. The predicted molar refractivity (Wildman–Crippen MR) is 141 cm³/mol. The van der Waals surface area contributed by atoms with Crippen LogP contribution in [0.5, 0.6) is 0 Å². The Labute approximate surface area is 215 Å². The highest BCUT2D eigenvalue weighted by Crippen LogP contribution is 2.29. The van der Waals surface area contributed by atoms with Crippen LogP contribution < -0.4 is 10.6 Å². The van der Waals surface area contributed by atoms with Crippen LogP contribution in [0.2, 0.25) is 0 Å². The Bertz CT molecular complexity index is 864. The number of hydrogen-bond acceptors (Lipinski definition) is 5. The van der Waals surface area contributed by atoms with Crippen molar-refractivity contribution in [2.45, 2.75) is 76.3 Å². The maximum Gasteiger partial charge on any atom is 0.309 e. The zero-order chi connectivity index (χ0) is 26.4. The first-order valence-electron chi connectivity index (χ1n) is 13.0. The van der Waals surface area contributed by atoms with Gasteiger partial charge in [-0.3, -0.25) is 14.4 Å². The van der Waals surface area contributed by atoms with Crippen LogP contribution in [0.15, 0.2) is 55.6 Å². The highest BCUT2D eigenvalue weighted by molar-refractivity contribution is 5.86. The van der Waals surface area contributed by atoms with Crippen molar-refractivity contribution >= 4 is 17.8 Å². The maximum atomic E-state index is 12.9. The lowest BCUT2D eigenvalue weighted by molar-refractivity contribution is -0.150. The number of carbonyl (C=O) groups is 3. The van der Waals surface area contributed by atoms with E-state index < -0.39 is 17.5 Å². The third kappa shape index (κ3) is 9.61. The van der Waals surface area contributed by atoms with Gasteiger partial charge in [0.05, 0.1) is 30.0 Å². The average Bonchev–Trinajstić information content (AvgIpc) is 3.34. The van der Waals surface area contributed by atoms with Crippen molar-refractivity contribution in [2.24, 2.45) is 11.8 Å². The molecule has 3 unspecified atom stereocenters. The second kappa shape index (κ2) is 15.2. The van der Waals surface area contributed by atoms with Crippen molar-refractivity contribution in [1.29, 1.82) is 0 Å². The molecule has 0 heterocycles. The molecule has 2 rings (SSSR count). The molecule has 3 atom stereocenters. The van der Waals surface area contributed by atoms with E-state index in [1.165, 1.54) is 0 Å². The topological polar surface area (TPSA) is 105 Å². The molecule has 7 heteroatoms. The number of hydrogen-bond donors (Lipinski definition) is 3. The molecule has 0 radical (unpaired) electrons. The van der Waals surface area contributed by atoms with Crippen molar-refractivity contribution in [2.75, 3.05) is 13.2 Å². The molecule has 1 aliphatic rings. The lowest BCUT2D eigenvalue weighted by Crippen LogP contribution is -2.50. The molecular formula is C29H42N2O5. The van der Waals surface area contributed by atoms with Gasteiger partial charge in [-0.25, -0.2) is 0 Å². The molecule has 1 saturated carbocycles. The van der Waals surface area contributed by atoms with Gasteiger partial charge < -0.3 is 20.5 Å². The standard InChI is InChI=1S/C29H42N2O5/c1-4-6-15-25(18-23-13-8-7-9-14-23)28(35)36-20-22(3)30-27(34)24(12-5-2)19-26(33)31-29(21-32)16-10-11-17-29/h4-5,7-9,13-14,22,24-25,32H,1-2,6,10-12,15-21H2,3H3,(H,30,34)(H,31,33). The molecule has 36 heavy (non-hydrogen) atoms. The summed E-state index contributed by atoms with van der Waals surface area (Å²) >= 11 is 0. The van der Waals surface area contributed by atoms with Gasteiger partial charge in [0, 0.05) is 6.42 Å². The summed E-state index contributed by atoms with van der Waals surface area (Å²) in [5.41, 5.74) is 0.492. The maximum absolute atomic E-state index is 12.9. The number of nitrogens with one attached hydrogen (secondary N) is 2. The minimum atomic E-state index is -0.587. The molecule has 0 aliphatic heterocycles. The van der Waals surface area contributed by atoms with Crippen LogP contribution in [-0.2, 0) is 25.5 Å². The van der Waals surface area contributed by atoms with Crippen molar-refractivity contribution in [1.82, 2.24) is 10.6 Å². The van der Waals surface area contributed by atoms with Crippen molar-refractivity contribution in [3.8, 4) is 0 Å². The van der Waals surface area contributed by atoms with Crippen LogP contribution in [-0.4, -0.2) is 47.7 Å². The molecule has 0 spiro atoms. The molecule has 2 amide bonds. The van der Waals surface area contributed by atoms with E-state index in [2.05, 4.69) is 23.8 Å². The van der Waals surface area contributed by atoms with Gasteiger partial charge >= 0.3 is 5.97 Å². The van der Waals surface area contributed by atoms with Crippen molar-refractivity contribution in [3.63, 3.8) is 0 Å². The summed E-state index contributed by atoms with van der Waals surface area (Å²) < 4.78 is 5.56. The van der Waals surface area contributed by atoms with Crippen LogP contribution in [0.1, 0.15) is 63.9 Å². The van der Waals surface area contributed by atoms with Gasteiger partial charge in [-0.05, 0) is 51.0 Å². The van der Waals surface area contributed by atoms with Gasteiger partial charge in [0.2, 0.25) is 11.8 Å². The van der Waals surface area contributed by atoms with E-state index in [0.717, 1.165) is 31.2 Å². The summed E-state index contributed by atoms with van der Waals surface area (Å²) in [6, 6.07) is 9.39. The lowest BCUT2D eigenvalue weighted by Gasteiger charge is -2.29. The van der Waals surface area contributed by atoms with Gasteiger partial charge in [-0.2, -0.15) is 0 Å². The fourth-order valence-corrected chi connectivity index (χ4v) is 4.68. The second-order valence-electron chi connectivity index (χ2n) is 9.91. The second-order valence-corrected chi connectivity index (χ2v) is 9.91. The normalized spacial score (nSPS) is 16.8. The number of carbonyl (C=O) groups excluding carboxylic acids is 3. The Balaban J connectivity index is 1.87. The molecule has 1 aromatic rings. The smallest absolute Gasteiger partial charge is 0.309 e. The summed E-state index contributed by atoms with van der Waals surface area (Å²) in [6.45, 7) is 9.18. The van der Waals surface area contributed by atoms with Gasteiger partial charge in [0.1, 0.15) is 6.61 Å². The molecule has 7 nitrogen and oxygen atoms in total. The highest BCUT2D eigenvalue weighted by Gasteiger charge is 2.35. The highest BCUT2D eigenvalue weighted by atomic mass is 16.5. The number of amides is 2. The van der Waals surface area contributed by atoms with Gasteiger partial charge in [-0.1, -0.05) is 55.3 Å². The molecule has 0 aromatic heterocycles. The molecular weight excluding hydrogens is 456 g/mol. The Hall–Kier alpha value is -2.93. The van der Waals surface area contributed by atoms with E-state index in [9.17, 15) is 19.5 Å². The first kappa shape index (κ1) is 29.3.